The Balaban J connectivity index is 2.33. The van der Waals surface area contributed by atoms with Gasteiger partial charge in [-0.15, -0.1) is 0 Å². The number of anilines is 1. The summed E-state index contributed by atoms with van der Waals surface area (Å²) >= 11 is 3.39. The molecule has 4 heteroatoms. The van der Waals surface area contributed by atoms with E-state index in [1.807, 2.05) is 38.1 Å². The van der Waals surface area contributed by atoms with E-state index >= 15 is 0 Å². The summed E-state index contributed by atoms with van der Waals surface area (Å²) < 4.78 is 6.63. The number of hydrogen-bond donors (Lipinski definition) is 1. The molecular weight excluding hydrogens is 280 g/mol. The molecule has 0 radical (unpaired) electrons. The normalized spacial score (nSPS) is 10.3. The largest absolute Gasteiger partial charge is 0.437 e. The number of nitrogen functional groups attached to an aromatic ring is 1. The second-order valence-electron chi connectivity index (χ2n) is 3.92. The Kier molecular flexibility index (Phi) is 3.33. The minimum Gasteiger partial charge on any atom is -0.437 e. The molecular formula is C13H13BrN2O. The molecule has 1 heterocycles. The van der Waals surface area contributed by atoms with Crippen molar-refractivity contribution in [3.05, 3.63) is 46.1 Å². The molecule has 2 aromatic rings. The van der Waals surface area contributed by atoms with Gasteiger partial charge in [-0.1, -0.05) is 22.0 Å². The summed E-state index contributed by atoms with van der Waals surface area (Å²) in [5, 5.41) is 0. The van der Waals surface area contributed by atoms with Crippen molar-refractivity contribution in [2.75, 3.05) is 5.73 Å². The summed E-state index contributed by atoms with van der Waals surface area (Å²) in [4.78, 5) is 4.19. The molecule has 0 bridgehead atoms. The predicted octanol–water partition coefficient (Wildman–Crippen LogP) is 3.84. The van der Waals surface area contributed by atoms with E-state index < -0.39 is 0 Å². The summed E-state index contributed by atoms with van der Waals surface area (Å²) in [5.41, 5.74) is 8.58. The third kappa shape index (κ3) is 2.77. The van der Waals surface area contributed by atoms with Crippen LogP contribution in [0.1, 0.15) is 11.1 Å². The van der Waals surface area contributed by atoms with Gasteiger partial charge < -0.3 is 10.5 Å². The number of aromatic nitrogens is 1. The van der Waals surface area contributed by atoms with Crippen LogP contribution >= 0.6 is 15.9 Å². The van der Waals surface area contributed by atoms with Crippen LogP contribution in [-0.4, -0.2) is 4.98 Å². The lowest BCUT2D eigenvalue weighted by Crippen LogP contribution is -1.96. The number of rotatable bonds is 2. The monoisotopic (exact) mass is 292 g/mol. The van der Waals surface area contributed by atoms with E-state index in [0.717, 1.165) is 15.6 Å². The van der Waals surface area contributed by atoms with Crippen molar-refractivity contribution >= 4 is 21.6 Å². The van der Waals surface area contributed by atoms with Crippen molar-refractivity contribution in [2.45, 2.75) is 13.8 Å². The highest BCUT2D eigenvalue weighted by Crippen LogP contribution is 2.33. The quantitative estimate of drug-likeness (QED) is 0.856. The zero-order valence-corrected chi connectivity index (χ0v) is 11.3. The molecule has 1 aromatic carbocycles. The number of ether oxygens (including phenoxy) is 1. The maximum Gasteiger partial charge on any atom is 0.219 e. The molecule has 88 valence electrons. The standard InChI is InChI=1S/C13H13BrN2O/c1-8-3-4-12(16-7-8)17-13-9(2)5-10(14)6-11(13)15/h3-7H,15H2,1-2H3. The first-order chi connectivity index (χ1) is 8.06. The summed E-state index contributed by atoms with van der Waals surface area (Å²) in [6, 6.07) is 7.55. The zero-order chi connectivity index (χ0) is 12.4. The molecule has 0 aliphatic carbocycles. The summed E-state index contributed by atoms with van der Waals surface area (Å²) in [5.74, 6) is 1.21. The molecule has 0 spiro atoms. The Bertz CT molecular complexity index is 515. The number of hydrogen-bond acceptors (Lipinski definition) is 3. The molecule has 0 saturated carbocycles. The van der Waals surface area contributed by atoms with Crippen LogP contribution in [0.3, 0.4) is 0 Å². The third-order valence-corrected chi connectivity index (χ3v) is 2.82. The maximum atomic E-state index is 5.92. The van der Waals surface area contributed by atoms with Crippen LogP contribution in [0, 0.1) is 13.8 Å². The van der Waals surface area contributed by atoms with Gasteiger partial charge in [0.1, 0.15) is 0 Å². The molecule has 0 saturated heterocycles. The minimum atomic E-state index is 0.549. The number of nitrogens with zero attached hydrogens (tertiary/aromatic N) is 1. The lowest BCUT2D eigenvalue weighted by atomic mass is 10.2. The highest BCUT2D eigenvalue weighted by molar-refractivity contribution is 9.10. The van der Waals surface area contributed by atoms with Gasteiger partial charge >= 0.3 is 0 Å². The topological polar surface area (TPSA) is 48.1 Å². The van der Waals surface area contributed by atoms with Gasteiger partial charge in [-0.2, -0.15) is 0 Å². The number of benzene rings is 1. The smallest absolute Gasteiger partial charge is 0.219 e. The number of aryl methyl sites for hydroxylation is 2. The van der Waals surface area contributed by atoms with Gasteiger partial charge in [0, 0.05) is 16.7 Å². The Morgan fingerprint density at radius 3 is 2.59 bits per heavy atom. The Morgan fingerprint density at radius 2 is 2.00 bits per heavy atom. The third-order valence-electron chi connectivity index (χ3n) is 2.36. The van der Waals surface area contributed by atoms with Gasteiger partial charge in [0.25, 0.3) is 0 Å². The molecule has 0 aliphatic rings. The summed E-state index contributed by atoms with van der Waals surface area (Å²) in [7, 11) is 0. The molecule has 17 heavy (non-hydrogen) atoms. The second-order valence-corrected chi connectivity index (χ2v) is 4.83. The van der Waals surface area contributed by atoms with E-state index in [4.69, 9.17) is 10.5 Å². The van der Waals surface area contributed by atoms with Crippen LogP contribution in [0.4, 0.5) is 5.69 Å². The van der Waals surface area contributed by atoms with E-state index in [1.54, 1.807) is 6.20 Å². The SMILES string of the molecule is Cc1ccc(Oc2c(C)cc(Br)cc2N)nc1. The molecule has 2 N–H and O–H groups in total. The first-order valence-corrected chi connectivity index (χ1v) is 6.01. The average molecular weight is 293 g/mol. The van der Waals surface area contributed by atoms with Crippen molar-refractivity contribution in [1.82, 2.24) is 4.98 Å². The molecule has 0 unspecified atom stereocenters. The number of pyridine rings is 1. The molecule has 0 fully saturated rings. The van der Waals surface area contributed by atoms with Crippen LogP contribution in [0.2, 0.25) is 0 Å². The van der Waals surface area contributed by atoms with Gasteiger partial charge in [-0.25, -0.2) is 4.98 Å². The molecule has 0 aliphatic heterocycles. The van der Waals surface area contributed by atoms with E-state index in [2.05, 4.69) is 20.9 Å². The van der Waals surface area contributed by atoms with Crippen LogP contribution < -0.4 is 10.5 Å². The van der Waals surface area contributed by atoms with E-state index in [1.165, 1.54) is 0 Å². The molecule has 2 rings (SSSR count). The van der Waals surface area contributed by atoms with Gasteiger partial charge in [-0.3, -0.25) is 0 Å². The van der Waals surface area contributed by atoms with Crippen LogP contribution in [0.15, 0.2) is 34.9 Å². The fourth-order valence-electron chi connectivity index (χ4n) is 1.51. The molecule has 3 nitrogen and oxygen atoms in total. The Morgan fingerprint density at radius 1 is 1.24 bits per heavy atom. The molecule has 0 amide bonds. The lowest BCUT2D eigenvalue weighted by Gasteiger charge is -2.11. The van der Waals surface area contributed by atoms with Crippen molar-refractivity contribution in [3.63, 3.8) is 0 Å². The van der Waals surface area contributed by atoms with Crippen molar-refractivity contribution in [1.29, 1.82) is 0 Å². The highest BCUT2D eigenvalue weighted by Gasteiger charge is 2.08. The van der Waals surface area contributed by atoms with Crippen molar-refractivity contribution < 1.29 is 4.74 Å². The van der Waals surface area contributed by atoms with Gasteiger partial charge in [0.15, 0.2) is 5.75 Å². The average Bonchev–Trinajstić information content (AvgIpc) is 2.26. The first kappa shape index (κ1) is 11.9. The number of nitrogens with two attached hydrogens (primary N) is 1. The van der Waals surface area contributed by atoms with Gasteiger partial charge in [0.2, 0.25) is 5.88 Å². The lowest BCUT2D eigenvalue weighted by molar-refractivity contribution is 0.461. The molecule has 1 aromatic heterocycles. The second kappa shape index (κ2) is 4.75. The Labute approximate surface area is 109 Å². The van der Waals surface area contributed by atoms with Crippen LogP contribution in [-0.2, 0) is 0 Å². The van der Waals surface area contributed by atoms with Crippen LogP contribution in [0.25, 0.3) is 0 Å². The summed E-state index contributed by atoms with van der Waals surface area (Å²) in [6.07, 6.45) is 1.76. The van der Waals surface area contributed by atoms with Crippen LogP contribution in [0.5, 0.6) is 11.6 Å². The van der Waals surface area contributed by atoms with Crippen molar-refractivity contribution in [2.24, 2.45) is 0 Å². The molecule has 0 atom stereocenters. The van der Waals surface area contributed by atoms with E-state index in [0.29, 0.717) is 17.3 Å². The van der Waals surface area contributed by atoms with Crippen molar-refractivity contribution in [3.8, 4) is 11.6 Å². The Hall–Kier alpha value is -1.55. The first-order valence-electron chi connectivity index (χ1n) is 5.22. The minimum absolute atomic E-state index is 0.549. The fraction of sp³-hybridized carbons (Fsp3) is 0.154. The zero-order valence-electron chi connectivity index (χ0n) is 9.70. The fourth-order valence-corrected chi connectivity index (χ4v) is 2.10. The van der Waals surface area contributed by atoms with E-state index in [9.17, 15) is 0 Å². The summed E-state index contributed by atoms with van der Waals surface area (Å²) in [6.45, 7) is 3.93. The highest BCUT2D eigenvalue weighted by atomic mass is 79.9. The van der Waals surface area contributed by atoms with Gasteiger partial charge in [-0.05, 0) is 37.1 Å². The maximum absolute atomic E-state index is 5.92. The predicted molar refractivity (Wildman–Crippen MR) is 72.3 cm³/mol. The number of halogens is 1. The van der Waals surface area contributed by atoms with E-state index in [-0.39, 0.29) is 0 Å². The van der Waals surface area contributed by atoms with Gasteiger partial charge in [0.05, 0.1) is 5.69 Å².